The summed E-state index contributed by atoms with van der Waals surface area (Å²) in [7, 11) is 0. The molecule has 0 saturated carbocycles. The van der Waals surface area contributed by atoms with Crippen molar-refractivity contribution in [1.82, 2.24) is 5.32 Å². The van der Waals surface area contributed by atoms with Gasteiger partial charge in [-0.25, -0.2) is 0 Å². The summed E-state index contributed by atoms with van der Waals surface area (Å²) >= 11 is 1.67. The molecule has 1 atom stereocenters. The minimum atomic E-state index is -0.0331. The second-order valence-corrected chi connectivity index (χ2v) is 5.16. The molecule has 1 aromatic rings. The molecule has 0 heterocycles. The molecule has 0 bridgehead atoms. The van der Waals surface area contributed by atoms with Crippen LogP contribution in [0.3, 0.4) is 0 Å². The van der Waals surface area contributed by atoms with E-state index < -0.39 is 0 Å². The fourth-order valence-corrected chi connectivity index (χ4v) is 2.12. The maximum atomic E-state index is 12.0. The van der Waals surface area contributed by atoms with E-state index in [1.807, 2.05) is 30.5 Å². The van der Waals surface area contributed by atoms with Gasteiger partial charge in [-0.2, -0.15) is 0 Å². The predicted octanol–water partition coefficient (Wildman–Crippen LogP) is 2.66. The van der Waals surface area contributed by atoms with Crippen LogP contribution in [-0.4, -0.2) is 24.7 Å². The van der Waals surface area contributed by atoms with Crippen LogP contribution in [0.15, 0.2) is 29.2 Å². The second kappa shape index (κ2) is 8.16. The van der Waals surface area contributed by atoms with Gasteiger partial charge in [-0.15, -0.1) is 11.8 Å². The Hall–Kier alpha value is -1.00. The van der Waals surface area contributed by atoms with Crippen LogP contribution in [0.25, 0.3) is 0 Å². The third kappa shape index (κ3) is 4.70. The summed E-state index contributed by atoms with van der Waals surface area (Å²) < 4.78 is 0. The smallest absolute Gasteiger partial charge is 0.251 e. The molecular weight excluding hydrogens is 244 g/mol. The molecule has 0 radical (unpaired) electrons. The fourth-order valence-electron chi connectivity index (χ4n) is 1.71. The van der Waals surface area contributed by atoms with Gasteiger partial charge < -0.3 is 11.1 Å². The maximum absolute atomic E-state index is 12.0. The zero-order valence-corrected chi connectivity index (χ0v) is 11.9. The quantitative estimate of drug-likeness (QED) is 0.746. The molecule has 0 aliphatic heterocycles. The molecule has 100 valence electrons. The molecule has 1 aromatic carbocycles. The number of hydrogen-bond acceptors (Lipinski definition) is 3. The van der Waals surface area contributed by atoms with E-state index in [0.717, 1.165) is 24.2 Å². The molecule has 4 heteroatoms. The first-order valence-electron chi connectivity index (χ1n) is 6.36. The lowest BCUT2D eigenvalue weighted by molar-refractivity contribution is 0.0935. The lowest BCUT2D eigenvalue weighted by Gasteiger charge is -2.16. The van der Waals surface area contributed by atoms with Crippen molar-refractivity contribution < 1.29 is 4.79 Å². The van der Waals surface area contributed by atoms with Gasteiger partial charge in [-0.1, -0.05) is 19.8 Å². The highest BCUT2D eigenvalue weighted by molar-refractivity contribution is 7.98. The van der Waals surface area contributed by atoms with Gasteiger partial charge >= 0.3 is 0 Å². The van der Waals surface area contributed by atoms with Crippen LogP contribution in [0.5, 0.6) is 0 Å². The van der Waals surface area contributed by atoms with E-state index in [1.165, 1.54) is 0 Å². The Bertz CT molecular complexity index is 365. The standard InChI is InChI=1S/C14H22N2OS/c1-3-4-5-12(10-15)16-14(17)11-6-8-13(18-2)9-7-11/h6-9,12H,3-5,10,15H2,1-2H3,(H,16,17). The van der Waals surface area contributed by atoms with E-state index >= 15 is 0 Å². The number of nitrogens with two attached hydrogens (primary N) is 1. The van der Waals surface area contributed by atoms with Crippen molar-refractivity contribution in [3.8, 4) is 0 Å². The van der Waals surface area contributed by atoms with E-state index in [0.29, 0.717) is 12.1 Å². The number of nitrogens with one attached hydrogen (secondary N) is 1. The van der Waals surface area contributed by atoms with E-state index in [-0.39, 0.29) is 11.9 Å². The lowest BCUT2D eigenvalue weighted by Crippen LogP contribution is -2.40. The number of unbranched alkanes of at least 4 members (excludes halogenated alkanes) is 1. The molecule has 18 heavy (non-hydrogen) atoms. The van der Waals surface area contributed by atoms with Gasteiger partial charge in [0.1, 0.15) is 0 Å². The van der Waals surface area contributed by atoms with Crippen LogP contribution in [0, 0.1) is 0 Å². The van der Waals surface area contributed by atoms with Crippen molar-refractivity contribution in [2.24, 2.45) is 5.73 Å². The summed E-state index contributed by atoms with van der Waals surface area (Å²) in [5.41, 5.74) is 6.36. The van der Waals surface area contributed by atoms with E-state index in [1.54, 1.807) is 11.8 Å². The van der Waals surface area contributed by atoms with Crippen LogP contribution in [-0.2, 0) is 0 Å². The van der Waals surface area contributed by atoms with Gasteiger partial charge in [0.15, 0.2) is 0 Å². The Labute approximate surface area is 114 Å². The number of hydrogen-bond donors (Lipinski definition) is 2. The fraction of sp³-hybridized carbons (Fsp3) is 0.500. The monoisotopic (exact) mass is 266 g/mol. The van der Waals surface area contributed by atoms with Gasteiger partial charge in [-0.3, -0.25) is 4.79 Å². The minimum absolute atomic E-state index is 0.0331. The number of amides is 1. The van der Waals surface area contributed by atoms with Crippen molar-refractivity contribution in [3.05, 3.63) is 29.8 Å². The molecule has 3 N–H and O–H groups in total. The Kier molecular flexibility index (Phi) is 6.83. The average Bonchev–Trinajstić information content (AvgIpc) is 2.43. The first-order valence-corrected chi connectivity index (χ1v) is 7.58. The summed E-state index contributed by atoms with van der Waals surface area (Å²) in [4.78, 5) is 13.2. The lowest BCUT2D eigenvalue weighted by atomic mass is 10.1. The summed E-state index contributed by atoms with van der Waals surface area (Å²) in [6, 6.07) is 7.72. The highest BCUT2D eigenvalue weighted by Gasteiger charge is 2.11. The summed E-state index contributed by atoms with van der Waals surface area (Å²) in [5, 5.41) is 2.98. The number of carbonyl (C=O) groups is 1. The van der Waals surface area contributed by atoms with E-state index in [2.05, 4.69) is 12.2 Å². The number of thioether (sulfide) groups is 1. The Morgan fingerprint density at radius 1 is 1.39 bits per heavy atom. The van der Waals surface area contributed by atoms with Crippen molar-refractivity contribution in [2.75, 3.05) is 12.8 Å². The maximum Gasteiger partial charge on any atom is 0.251 e. The topological polar surface area (TPSA) is 55.1 Å². The second-order valence-electron chi connectivity index (χ2n) is 4.28. The van der Waals surface area contributed by atoms with Crippen molar-refractivity contribution in [2.45, 2.75) is 37.1 Å². The first kappa shape index (κ1) is 15.1. The largest absolute Gasteiger partial charge is 0.348 e. The van der Waals surface area contributed by atoms with E-state index in [9.17, 15) is 4.79 Å². The molecule has 1 unspecified atom stereocenters. The molecule has 0 aromatic heterocycles. The van der Waals surface area contributed by atoms with Gasteiger partial charge in [-0.05, 0) is 36.9 Å². The summed E-state index contributed by atoms with van der Waals surface area (Å²) in [5.74, 6) is -0.0331. The van der Waals surface area contributed by atoms with Crippen molar-refractivity contribution >= 4 is 17.7 Å². The van der Waals surface area contributed by atoms with Crippen LogP contribution < -0.4 is 11.1 Å². The molecular formula is C14H22N2OS. The first-order chi connectivity index (χ1) is 8.71. The van der Waals surface area contributed by atoms with E-state index in [4.69, 9.17) is 5.73 Å². The highest BCUT2D eigenvalue weighted by atomic mass is 32.2. The molecule has 0 spiro atoms. The SMILES string of the molecule is CCCCC(CN)NC(=O)c1ccc(SC)cc1. The van der Waals surface area contributed by atoms with Crippen LogP contribution >= 0.6 is 11.8 Å². The number of benzene rings is 1. The van der Waals surface area contributed by atoms with Gasteiger partial charge in [0.2, 0.25) is 0 Å². The Morgan fingerprint density at radius 3 is 2.56 bits per heavy atom. The molecule has 0 aliphatic carbocycles. The van der Waals surface area contributed by atoms with Crippen LogP contribution in [0.4, 0.5) is 0 Å². The minimum Gasteiger partial charge on any atom is -0.348 e. The molecule has 0 aliphatic rings. The summed E-state index contributed by atoms with van der Waals surface area (Å²) in [6.07, 6.45) is 5.17. The zero-order chi connectivity index (χ0) is 13.4. The highest BCUT2D eigenvalue weighted by Crippen LogP contribution is 2.15. The normalized spacial score (nSPS) is 12.2. The van der Waals surface area contributed by atoms with Gasteiger partial charge in [0.25, 0.3) is 5.91 Å². The number of carbonyl (C=O) groups excluding carboxylic acids is 1. The van der Waals surface area contributed by atoms with Crippen molar-refractivity contribution in [1.29, 1.82) is 0 Å². The Morgan fingerprint density at radius 2 is 2.06 bits per heavy atom. The third-order valence-corrected chi connectivity index (χ3v) is 3.62. The predicted molar refractivity (Wildman–Crippen MR) is 78.1 cm³/mol. The van der Waals surface area contributed by atoms with Crippen LogP contribution in [0.2, 0.25) is 0 Å². The Balaban J connectivity index is 2.56. The van der Waals surface area contributed by atoms with Gasteiger partial charge in [0, 0.05) is 23.0 Å². The molecule has 1 rings (SSSR count). The average molecular weight is 266 g/mol. The van der Waals surface area contributed by atoms with Crippen LogP contribution in [0.1, 0.15) is 36.5 Å². The zero-order valence-electron chi connectivity index (χ0n) is 11.1. The number of rotatable bonds is 7. The molecule has 0 saturated heterocycles. The molecule has 0 fully saturated rings. The van der Waals surface area contributed by atoms with Gasteiger partial charge in [0.05, 0.1) is 0 Å². The molecule has 3 nitrogen and oxygen atoms in total. The molecule has 1 amide bonds. The summed E-state index contributed by atoms with van der Waals surface area (Å²) in [6.45, 7) is 2.63. The van der Waals surface area contributed by atoms with Crippen molar-refractivity contribution in [3.63, 3.8) is 0 Å². The third-order valence-electron chi connectivity index (χ3n) is 2.88.